The van der Waals surface area contributed by atoms with E-state index in [0.717, 1.165) is 37.9 Å². The number of ether oxygens (including phenoxy) is 1. The average Bonchev–Trinajstić information content (AvgIpc) is 3.37. The molecule has 3 rings (SSSR count). The number of aromatic amines is 1. The summed E-state index contributed by atoms with van der Waals surface area (Å²) in [4.78, 5) is 41.1. The topological polar surface area (TPSA) is 79.5 Å². The molecule has 0 unspecified atom stereocenters. The van der Waals surface area contributed by atoms with Crippen molar-refractivity contribution in [2.24, 2.45) is 0 Å². The van der Waals surface area contributed by atoms with Gasteiger partial charge in [-0.25, -0.2) is 4.79 Å². The summed E-state index contributed by atoms with van der Waals surface area (Å²) in [5.41, 5.74) is 2.26. The fraction of sp³-hybridized carbons (Fsp3) is 0.350. The van der Waals surface area contributed by atoms with Crippen molar-refractivity contribution in [1.82, 2.24) is 9.88 Å². The first kappa shape index (κ1) is 17.9. The molecule has 1 N–H and O–H groups in total. The molecule has 1 aliphatic heterocycles. The van der Waals surface area contributed by atoms with Gasteiger partial charge in [0.15, 0.2) is 6.61 Å². The molecule has 0 radical (unpaired) electrons. The first-order valence-electron chi connectivity index (χ1n) is 8.85. The van der Waals surface area contributed by atoms with Gasteiger partial charge in [-0.3, -0.25) is 9.59 Å². The van der Waals surface area contributed by atoms with E-state index in [1.165, 1.54) is 12.3 Å². The lowest BCUT2D eigenvalue weighted by molar-refractivity contribution is 0.0474. The second kappa shape index (κ2) is 7.99. The Morgan fingerprint density at radius 2 is 1.77 bits per heavy atom. The largest absolute Gasteiger partial charge is 0.454 e. The quantitative estimate of drug-likeness (QED) is 0.639. The van der Waals surface area contributed by atoms with Crippen LogP contribution in [-0.4, -0.2) is 47.2 Å². The molecule has 0 saturated carbocycles. The highest BCUT2D eigenvalue weighted by atomic mass is 16.5. The summed E-state index contributed by atoms with van der Waals surface area (Å²) in [6.07, 6.45) is 4.39. The molecule has 26 heavy (non-hydrogen) atoms. The number of nitrogens with one attached hydrogen (secondary N) is 1. The predicted molar refractivity (Wildman–Crippen MR) is 96.4 cm³/mol. The molecule has 0 bridgehead atoms. The van der Waals surface area contributed by atoms with Gasteiger partial charge in [0.2, 0.25) is 5.78 Å². The number of amides is 1. The second-order valence-corrected chi connectivity index (χ2v) is 6.35. The van der Waals surface area contributed by atoms with Crippen LogP contribution in [0.1, 0.15) is 56.5 Å². The lowest BCUT2D eigenvalue weighted by Crippen LogP contribution is -2.27. The Morgan fingerprint density at radius 1 is 1.08 bits per heavy atom. The van der Waals surface area contributed by atoms with E-state index in [1.807, 2.05) is 19.1 Å². The highest BCUT2D eigenvalue weighted by molar-refractivity contribution is 6.02. The summed E-state index contributed by atoms with van der Waals surface area (Å²) >= 11 is 0. The van der Waals surface area contributed by atoms with Gasteiger partial charge in [-0.2, -0.15) is 0 Å². The Morgan fingerprint density at radius 3 is 2.42 bits per heavy atom. The zero-order chi connectivity index (χ0) is 18.5. The summed E-state index contributed by atoms with van der Waals surface area (Å²) in [6.45, 7) is 3.17. The monoisotopic (exact) mass is 354 g/mol. The highest BCUT2D eigenvalue weighted by Gasteiger charge is 2.22. The molecular weight excluding hydrogens is 332 g/mol. The van der Waals surface area contributed by atoms with Crippen molar-refractivity contribution in [3.05, 3.63) is 58.9 Å². The number of hydrogen-bond donors (Lipinski definition) is 1. The van der Waals surface area contributed by atoms with Crippen molar-refractivity contribution >= 4 is 17.7 Å². The number of H-pyrrole nitrogens is 1. The number of aromatic nitrogens is 1. The van der Waals surface area contributed by atoms with E-state index in [0.29, 0.717) is 16.8 Å². The Hall–Kier alpha value is -2.89. The number of esters is 1. The van der Waals surface area contributed by atoms with Crippen LogP contribution in [0.5, 0.6) is 0 Å². The number of benzene rings is 1. The molecule has 0 atom stereocenters. The van der Waals surface area contributed by atoms with E-state index in [9.17, 15) is 14.4 Å². The number of ketones is 1. The van der Waals surface area contributed by atoms with E-state index in [1.54, 1.807) is 17.0 Å². The van der Waals surface area contributed by atoms with Gasteiger partial charge in [0.05, 0.1) is 5.56 Å². The van der Waals surface area contributed by atoms with E-state index in [-0.39, 0.29) is 18.3 Å². The number of carbonyl (C=O) groups is 3. The van der Waals surface area contributed by atoms with Crippen molar-refractivity contribution in [1.29, 1.82) is 0 Å². The molecule has 1 aromatic heterocycles. The fourth-order valence-electron chi connectivity index (χ4n) is 2.94. The Bertz CT molecular complexity index is 801. The molecule has 0 spiro atoms. The smallest absolute Gasteiger partial charge is 0.338 e. The minimum atomic E-state index is -0.537. The SMILES string of the molecule is CCc1ccc(C(=O)OCC(=O)c2c[nH]c(C(=O)N3CCCC3)c2)cc1. The summed E-state index contributed by atoms with van der Waals surface area (Å²) < 4.78 is 5.09. The van der Waals surface area contributed by atoms with Crippen LogP contribution in [-0.2, 0) is 11.2 Å². The summed E-state index contributed by atoms with van der Waals surface area (Å²) in [5, 5.41) is 0. The summed E-state index contributed by atoms with van der Waals surface area (Å²) in [5.74, 6) is -0.986. The van der Waals surface area contributed by atoms with E-state index >= 15 is 0 Å². The number of likely N-dealkylation sites (tertiary alicyclic amines) is 1. The summed E-state index contributed by atoms with van der Waals surface area (Å²) in [6, 6.07) is 8.62. The molecule has 1 saturated heterocycles. The van der Waals surface area contributed by atoms with Crippen molar-refractivity contribution < 1.29 is 19.1 Å². The van der Waals surface area contributed by atoms with Gasteiger partial charge in [-0.05, 0) is 43.0 Å². The molecule has 6 heteroatoms. The first-order valence-corrected chi connectivity index (χ1v) is 8.85. The minimum Gasteiger partial charge on any atom is -0.454 e. The standard InChI is InChI=1S/C20H22N2O4/c1-2-14-5-7-15(8-6-14)20(25)26-13-18(23)16-11-17(21-12-16)19(24)22-9-3-4-10-22/h5-8,11-12,21H,2-4,9-10,13H2,1H3. The van der Waals surface area contributed by atoms with E-state index in [4.69, 9.17) is 4.74 Å². The van der Waals surface area contributed by atoms with E-state index < -0.39 is 5.97 Å². The van der Waals surface area contributed by atoms with Crippen LogP contribution < -0.4 is 0 Å². The van der Waals surface area contributed by atoms with Crippen molar-refractivity contribution in [3.8, 4) is 0 Å². The van der Waals surface area contributed by atoms with Crippen molar-refractivity contribution in [2.75, 3.05) is 19.7 Å². The van der Waals surface area contributed by atoms with Gasteiger partial charge in [0.25, 0.3) is 5.91 Å². The third kappa shape index (κ3) is 4.02. The maximum Gasteiger partial charge on any atom is 0.338 e. The normalized spacial score (nSPS) is 13.7. The Kier molecular flexibility index (Phi) is 5.51. The first-order chi connectivity index (χ1) is 12.6. The molecule has 136 valence electrons. The highest BCUT2D eigenvalue weighted by Crippen LogP contribution is 2.14. The minimum absolute atomic E-state index is 0.102. The maximum atomic E-state index is 12.3. The zero-order valence-electron chi connectivity index (χ0n) is 14.8. The molecule has 1 aromatic carbocycles. The number of hydrogen-bond acceptors (Lipinski definition) is 4. The van der Waals surface area contributed by atoms with Gasteiger partial charge in [0.1, 0.15) is 5.69 Å². The number of Topliss-reactive ketones (excluding diaryl/α,β-unsaturated/α-hetero) is 1. The lowest BCUT2D eigenvalue weighted by atomic mass is 10.1. The third-order valence-corrected chi connectivity index (χ3v) is 4.56. The zero-order valence-corrected chi connectivity index (χ0v) is 14.8. The summed E-state index contributed by atoms with van der Waals surface area (Å²) in [7, 11) is 0. The molecule has 6 nitrogen and oxygen atoms in total. The average molecular weight is 354 g/mol. The number of rotatable bonds is 6. The molecule has 1 amide bonds. The van der Waals surface area contributed by atoms with Crippen LogP contribution in [0, 0.1) is 0 Å². The van der Waals surface area contributed by atoms with Gasteiger partial charge in [-0.1, -0.05) is 19.1 Å². The second-order valence-electron chi connectivity index (χ2n) is 6.35. The molecule has 0 aliphatic carbocycles. The third-order valence-electron chi connectivity index (χ3n) is 4.56. The number of aryl methyl sites for hydroxylation is 1. The fourth-order valence-corrected chi connectivity index (χ4v) is 2.94. The van der Waals surface area contributed by atoms with Gasteiger partial charge >= 0.3 is 5.97 Å². The van der Waals surface area contributed by atoms with Crippen LogP contribution in [0.4, 0.5) is 0 Å². The Labute approximate surface area is 152 Å². The number of nitrogens with zero attached hydrogens (tertiary/aromatic N) is 1. The van der Waals surface area contributed by atoms with E-state index in [2.05, 4.69) is 4.98 Å². The van der Waals surface area contributed by atoms with Crippen LogP contribution in [0.3, 0.4) is 0 Å². The molecule has 2 aromatic rings. The number of carbonyl (C=O) groups excluding carboxylic acids is 3. The van der Waals surface area contributed by atoms with Crippen LogP contribution >= 0.6 is 0 Å². The van der Waals surface area contributed by atoms with Crippen LogP contribution in [0.15, 0.2) is 36.5 Å². The van der Waals surface area contributed by atoms with Crippen LogP contribution in [0.2, 0.25) is 0 Å². The molecule has 2 heterocycles. The molecule has 1 fully saturated rings. The molecular formula is C20H22N2O4. The van der Waals surface area contributed by atoms with Crippen LogP contribution in [0.25, 0.3) is 0 Å². The lowest BCUT2D eigenvalue weighted by Gasteiger charge is -2.13. The Balaban J connectivity index is 1.56. The van der Waals surface area contributed by atoms with Gasteiger partial charge < -0.3 is 14.6 Å². The predicted octanol–water partition coefficient (Wildman–Crippen LogP) is 2.85. The van der Waals surface area contributed by atoms with Gasteiger partial charge in [0, 0.05) is 24.8 Å². The van der Waals surface area contributed by atoms with Crippen molar-refractivity contribution in [3.63, 3.8) is 0 Å². The maximum absolute atomic E-state index is 12.3. The molecule has 1 aliphatic rings. The van der Waals surface area contributed by atoms with Gasteiger partial charge in [-0.15, -0.1) is 0 Å². The van der Waals surface area contributed by atoms with Crippen molar-refractivity contribution in [2.45, 2.75) is 26.2 Å².